The number of rotatable bonds is 5. The van der Waals surface area contributed by atoms with E-state index in [0.29, 0.717) is 26.3 Å². The average molecular weight is 368 g/mol. The molecule has 10 heteroatoms. The number of carbonyl (C=O) groups is 1. The molecule has 0 atom stereocenters. The molecular weight excluding hydrogens is 352 g/mol. The molecule has 1 N–H and O–H groups in total. The summed E-state index contributed by atoms with van der Waals surface area (Å²) in [6, 6.07) is 3.27. The van der Waals surface area contributed by atoms with E-state index in [4.69, 9.17) is 4.74 Å². The zero-order chi connectivity index (χ0) is 17.0. The maximum absolute atomic E-state index is 12.5. The molecule has 3 rings (SSSR count). The molecule has 3 heterocycles. The molecule has 0 bridgehead atoms. The Morgan fingerprint density at radius 2 is 2.08 bits per heavy atom. The van der Waals surface area contributed by atoms with Gasteiger partial charge in [-0.05, 0) is 12.1 Å². The Bertz CT molecular complexity index is 801. The first-order chi connectivity index (χ1) is 11.6. The van der Waals surface area contributed by atoms with Crippen LogP contribution in [0.1, 0.15) is 15.4 Å². The van der Waals surface area contributed by atoms with Crippen LogP contribution in [0.4, 0.5) is 0 Å². The fourth-order valence-corrected chi connectivity index (χ4v) is 5.04. The molecule has 1 aliphatic rings. The normalized spacial score (nSPS) is 16.0. The van der Waals surface area contributed by atoms with Crippen molar-refractivity contribution in [1.29, 1.82) is 0 Å². The van der Waals surface area contributed by atoms with Gasteiger partial charge < -0.3 is 10.1 Å². The van der Waals surface area contributed by atoms with E-state index in [0.717, 1.165) is 16.2 Å². The van der Waals surface area contributed by atoms with E-state index in [9.17, 15) is 13.2 Å². The third-order valence-electron chi connectivity index (χ3n) is 3.42. The maximum atomic E-state index is 12.5. The van der Waals surface area contributed by atoms with Crippen molar-refractivity contribution < 1.29 is 17.9 Å². The van der Waals surface area contributed by atoms with Crippen LogP contribution in [-0.2, 0) is 21.3 Å². The average Bonchev–Trinajstić information content (AvgIpc) is 3.11. The monoisotopic (exact) mass is 368 g/mol. The number of aromatic nitrogens is 2. The van der Waals surface area contributed by atoms with Gasteiger partial charge in [-0.15, -0.1) is 11.3 Å². The predicted molar refractivity (Wildman–Crippen MR) is 87.1 cm³/mol. The number of nitrogens with zero attached hydrogens (tertiary/aromatic N) is 3. The maximum Gasteiger partial charge on any atom is 0.271 e. The molecule has 2 aromatic rings. The lowest BCUT2D eigenvalue weighted by atomic mass is 10.4. The molecule has 128 valence electrons. The van der Waals surface area contributed by atoms with Crippen molar-refractivity contribution in [3.05, 3.63) is 41.3 Å². The zero-order valence-electron chi connectivity index (χ0n) is 12.7. The summed E-state index contributed by atoms with van der Waals surface area (Å²) in [5.74, 6) is -0.353. The number of nitrogens with one attached hydrogen (secondary N) is 1. The Morgan fingerprint density at radius 1 is 1.29 bits per heavy atom. The number of hydrogen-bond acceptors (Lipinski definition) is 7. The van der Waals surface area contributed by atoms with E-state index in [1.54, 1.807) is 12.1 Å². The largest absolute Gasteiger partial charge is 0.379 e. The van der Waals surface area contributed by atoms with Crippen LogP contribution in [-0.4, -0.2) is 54.9 Å². The molecule has 1 fully saturated rings. The SMILES string of the molecule is O=C(NCc1ccc(S(=O)(=O)N2CCOCC2)s1)c1cnccn1. The number of amides is 1. The molecule has 24 heavy (non-hydrogen) atoms. The topological polar surface area (TPSA) is 101 Å². The lowest BCUT2D eigenvalue weighted by Crippen LogP contribution is -2.40. The summed E-state index contributed by atoms with van der Waals surface area (Å²) in [5.41, 5.74) is 0.218. The van der Waals surface area contributed by atoms with Crippen LogP contribution in [0.2, 0.25) is 0 Å². The summed E-state index contributed by atoms with van der Waals surface area (Å²) >= 11 is 1.15. The quantitative estimate of drug-likeness (QED) is 0.824. The van der Waals surface area contributed by atoms with Crippen molar-refractivity contribution in [3.8, 4) is 0 Å². The van der Waals surface area contributed by atoms with Gasteiger partial charge in [-0.25, -0.2) is 13.4 Å². The van der Waals surface area contributed by atoms with Crippen LogP contribution >= 0.6 is 11.3 Å². The van der Waals surface area contributed by atoms with E-state index >= 15 is 0 Å². The van der Waals surface area contributed by atoms with Gasteiger partial charge >= 0.3 is 0 Å². The molecule has 1 amide bonds. The number of carbonyl (C=O) groups excluding carboxylic acids is 1. The van der Waals surface area contributed by atoms with Crippen molar-refractivity contribution in [2.45, 2.75) is 10.8 Å². The molecule has 0 saturated carbocycles. The highest BCUT2D eigenvalue weighted by molar-refractivity contribution is 7.91. The summed E-state index contributed by atoms with van der Waals surface area (Å²) in [6.07, 6.45) is 4.30. The van der Waals surface area contributed by atoms with Gasteiger partial charge in [0.2, 0.25) is 0 Å². The van der Waals surface area contributed by atoms with Crippen molar-refractivity contribution in [2.24, 2.45) is 0 Å². The Balaban J connectivity index is 1.64. The minimum atomic E-state index is -3.50. The fraction of sp³-hybridized carbons (Fsp3) is 0.357. The van der Waals surface area contributed by atoms with E-state index < -0.39 is 10.0 Å². The van der Waals surface area contributed by atoms with E-state index in [1.807, 2.05) is 0 Å². The molecule has 2 aromatic heterocycles. The lowest BCUT2D eigenvalue weighted by molar-refractivity contribution is 0.0731. The Labute approximate surface area is 143 Å². The minimum absolute atomic E-state index is 0.218. The number of hydrogen-bond donors (Lipinski definition) is 1. The number of ether oxygens (including phenoxy) is 1. The number of thiophene rings is 1. The first kappa shape index (κ1) is 17.0. The highest BCUT2D eigenvalue weighted by Gasteiger charge is 2.27. The third-order valence-corrected chi connectivity index (χ3v) is 6.87. The van der Waals surface area contributed by atoms with Gasteiger partial charge in [-0.2, -0.15) is 4.31 Å². The third kappa shape index (κ3) is 3.78. The highest BCUT2D eigenvalue weighted by atomic mass is 32.2. The van der Waals surface area contributed by atoms with Crippen molar-refractivity contribution in [1.82, 2.24) is 19.6 Å². The van der Waals surface area contributed by atoms with Gasteiger partial charge in [0.1, 0.15) is 9.90 Å². The second kappa shape index (κ2) is 7.34. The van der Waals surface area contributed by atoms with Crippen molar-refractivity contribution in [3.63, 3.8) is 0 Å². The molecule has 0 unspecified atom stereocenters. The van der Waals surface area contributed by atoms with Crippen LogP contribution in [0.5, 0.6) is 0 Å². The fourth-order valence-electron chi connectivity index (χ4n) is 2.18. The Kier molecular flexibility index (Phi) is 5.19. The molecule has 1 aliphatic heterocycles. The van der Waals surface area contributed by atoms with E-state index in [1.165, 1.54) is 22.9 Å². The summed E-state index contributed by atoms with van der Waals surface area (Å²) < 4.78 is 31.9. The lowest BCUT2D eigenvalue weighted by Gasteiger charge is -2.25. The van der Waals surface area contributed by atoms with Crippen LogP contribution < -0.4 is 5.32 Å². The summed E-state index contributed by atoms with van der Waals surface area (Å²) in [5, 5.41) is 2.70. The van der Waals surface area contributed by atoms with Crippen LogP contribution in [0.15, 0.2) is 34.9 Å². The van der Waals surface area contributed by atoms with Gasteiger partial charge in [0.05, 0.1) is 26.0 Å². The summed E-state index contributed by atoms with van der Waals surface area (Å²) in [7, 11) is -3.50. The molecule has 0 radical (unpaired) electrons. The molecule has 1 saturated heterocycles. The number of sulfonamides is 1. The van der Waals surface area contributed by atoms with Gasteiger partial charge in [-0.1, -0.05) is 0 Å². The smallest absolute Gasteiger partial charge is 0.271 e. The standard InChI is InChI=1S/C14H16N4O4S2/c19-14(12-10-15-3-4-16-12)17-9-11-1-2-13(23-11)24(20,21)18-5-7-22-8-6-18/h1-4,10H,5-9H2,(H,17,19). The van der Waals surface area contributed by atoms with Crippen LogP contribution in [0.25, 0.3) is 0 Å². The summed E-state index contributed by atoms with van der Waals surface area (Å²) in [4.78, 5) is 20.4. The summed E-state index contributed by atoms with van der Waals surface area (Å²) in [6.45, 7) is 1.77. The van der Waals surface area contributed by atoms with Gasteiger partial charge in [0, 0.05) is 30.4 Å². The zero-order valence-corrected chi connectivity index (χ0v) is 14.3. The molecule has 0 spiro atoms. The van der Waals surface area contributed by atoms with Crippen molar-refractivity contribution >= 4 is 27.3 Å². The molecule has 0 aromatic carbocycles. The van der Waals surface area contributed by atoms with Crippen molar-refractivity contribution in [2.75, 3.05) is 26.3 Å². The predicted octanol–water partition coefficient (Wildman–Crippen LogP) is 0.489. The minimum Gasteiger partial charge on any atom is -0.379 e. The number of morpholine rings is 1. The Hall–Kier alpha value is -1.88. The van der Waals surface area contributed by atoms with E-state index in [2.05, 4.69) is 15.3 Å². The first-order valence-corrected chi connectivity index (χ1v) is 9.54. The Morgan fingerprint density at radius 3 is 2.79 bits per heavy atom. The molecule has 8 nitrogen and oxygen atoms in total. The first-order valence-electron chi connectivity index (χ1n) is 7.28. The van der Waals surface area contributed by atoms with Crippen LogP contribution in [0, 0.1) is 0 Å². The van der Waals surface area contributed by atoms with Gasteiger partial charge in [-0.3, -0.25) is 9.78 Å². The highest BCUT2D eigenvalue weighted by Crippen LogP contribution is 2.25. The van der Waals surface area contributed by atoms with Gasteiger partial charge in [0.15, 0.2) is 0 Å². The van der Waals surface area contributed by atoms with Crippen LogP contribution in [0.3, 0.4) is 0 Å². The van der Waals surface area contributed by atoms with E-state index in [-0.39, 0.29) is 22.4 Å². The molecule has 0 aliphatic carbocycles. The second-order valence-electron chi connectivity index (χ2n) is 5.01. The van der Waals surface area contributed by atoms with Gasteiger partial charge in [0.25, 0.3) is 15.9 Å². The molecular formula is C14H16N4O4S2. The second-order valence-corrected chi connectivity index (χ2v) is 8.34.